The lowest BCUT2D eigenvalue weighted by Crippen LogP contribution is -2.47. The molecule has 1 atom stereocenters. The van der Waals surface area contributed by atoms with Gasteiger partial charge in [-0.05, 0) is 42.2 Å². The lowest BCUT2D eigenvalue weighted by molar-refractivity contribution is -0.125. The summed E-state index contributed by atoms with van der Waals surface area (Å²) in [6.07, 6.45) is 1.94. The number of amides is 2. The number of fused-ring (bicyclic) bond motifs is 1. The molecule has 2 aromatic rings. The Hall–Kier alpha value is -2.71. The van der Waals surface area contributed by atoms with Gasteiger partial charge in [0.15, 0.2) is 0 Å². The molecule has 0 spiro atoms. The van der Waals surface area contributed by atoms with Crippen molar-refractivity contribution in [2.45, 2.75) is 51.0 Å². The summed E-state index contributed by atoms with van der Waals surface area (Å²) in [5.74, 6) is -0.467. The minimum Gasteiger partial charge on any atom is -0.354 e. The van der Waals surface area contributed by atoms with Crippen LogP contribution in [0.15, 0.2) is 53.4 Å². The van der Waals surface area contributed by atoms with Gasteiger partial charge in [-0.25, -0.2) is 8.42 Å². The first-order valence-electron chi connectivity index (χ1n) is 11.0. The molecule has 0 bridgehead atoms. The van der Waals surface area contributed by atoms with Crippen molar-refractivity contribution in [3.05, 3.63) is 59.7 Å². The first-order chi connectivity index (χ1) is 15.3. The molecule has 0 fully saturated rings. The summed E-state index contributed by atoms with van der Waals surface area (Å²) >= 11 is 0. The van der Waals surface area contributed by atoms with Gasteiger partial charge < -0.3 is 5.32 Å². The predicted octanol–water partition coefficient (Wildman–Crippen LogP) is 2.74. The van der Waals surface area contributed by atoms with E-state index in [1.165, 1.54) is 27.8 Å². The molecule has 1 aliphatic rings. The number of rotatable bonds is 9. The van der Waals surface area contributed by atoms with Crippen molar-refractivity contribution in [3.8, 4) is 0 Å². The van der Waals surface area contributed by atoms with E-state index in [2.05, 4.69) is 17.4 Å². The van der Waals surface area contributed by atoms with Crippen LogP contribution >= 0.6 is 0 Å². The van der Waals surface area contributed by atoms with Crippen molar-refractivity contribution < 1.29 is 18.0 Å². The Balaban J connectivity index is 1.72. The number of sulfonamides is 1. The van der Waals surface area contributed by atoms with Crippen molar-refractivity contribution in [1.29, 1.82) is 0 Å². The van der Waals surface area contributed by atoms with E-state index < -0.39 is 16.1 Å². The fourth-order valence-electron chi connectivity index (χ4n) is 4.17. The minimum absolute atomic E-state index is 0.187. The third kappa shape index (κ3) is 5.02. The van der Waals surface area contributed by atoms with Crippen LogP contribution in [0.4, 0.5) is 5.69 Å². The average Bonchev–Trinajstić information content (AvgIpc) is 3.17. The molecule has 3 rings (SSSR count). The molecule has 1 heterocycles. The van der Waals surface area contributed by atoms with E-state index in [1.54, 1.807) is 26.0 Å². The number of benzene rings is 2. The van der Waals surface area contributed by atoms with Gasteiger partial charge in [-0.3, -0.25) is 14.5 Å². The molecule has 1 aliphatic heterocycles. The Bertz CT molecular complexity index is 1070. The largest absolute Gasteiger partial charge is 0.354 e. The molecule has 0 aromatic heterocycles. The van der Waals surface area contributed by atoms with E-state index in [0.29, 0.717) is 37.3 Å². The van der Waals surface area contributed by atoms with Crippen LogP contribution in [0.25, 0.3) is 0 Å². The maximum absolute atomic E-state index is 12.9. The van der Waals surface area contributed by atoms with Gasteiger partial charge in [0.2, 0.25) is 21.8 Å². The van der Waals surface area contributed by atoms with Gasteiger partial charge >= 0.3 is 0 Å². The van der Waals surface area contributed by atoms with Crippen LogP contribution < -0.4 is 10.2 Å². The van der Waals surface area contributed by atoms with Crippen LogP contribution in [0.1, 0.15) is 38.3 Å². The number of aryl methyl sites for hydroxylation is 1. The molecule has 8 heteroatoms. The van der Waals surface area contributed by atoms with Gasteiger partial charge in [-0.2, -0.15) is 4.31 Å². The summed E-state index contributed by atoms with van der Waals surface area (Å²) in [5, 5.41) is 2.94. The highest BCUT2D eigenvalue weighted by Crippen LogP contribution is 2.34. The van der Waals surface area contributed by atoms with Crippen molar-refractivity contribution >= 4 is 27.5 Å². The van der Waals surface area contributed by atoms with E-state index in [1.807, 2.05) is 18.2 Å². The highest BCUT2D eigenvalue weighted by atomic mass is 32.2. The fourth-order valence-corrected chi connectivity index (χ4v) is 5.68. The Morgan fingerprint density at radius 3 is 2.41 bits per heavy atom. The topological polar surface area (TPSA) is 86.8 Å². The standard InChI is InChI=1S/C24H31N3O4S/c1-4-26(5-2)32(30,31)21-13-14-22-20(16-21)17-23(27(22)18(3)28)24(29)25-15-9-12-19-10-7-6-8-11-19/h6-8,10-11,13-14,16,23H,4-5,9,12,15,17H2,1-3H3,(H,25,29). The first kappa shape index (κ1) is 23.9. The Kier molecular flexibility index (Phi) is 7.69. The second-order valence-electron chi connectivity index (χ2n) is 7.87. The van der Waals surface area contributed by atoms with Crippen LogP contribution in [-0.2, 0) is 32.5 Å². The van der Waals surface area contributed by atoms with Crippen LogP contribution in [0.5, 0.6) is 0 Å². The molecule has 2 aromatic carbocycles. The SMILES string of the molecule is CCN(CC)S(=O)(=O)c1ccc2c(c1)CC(C(=O)NCCCc1ccccc1)N2C(C)=O. The van der Waals surface area contributed by atoms with Crippen molar-refractivity contribution in [2.24, 2.45) is 0 Å². The summed E-state index contributed by atoms with van der Waals surface area (Å²) in [5.41, 5.74) is 2.50. The summed E-state index contributed by atoms with van der Waals surface area (Å²) in [6, 6.07) is 14.1. The number of hydrogen-bond donors (Lipinski definition) is 1. The smallest absolute Gasteiger partial charge is 0.243 e. The third-order valence-electron chi connectivity index (χ3n) is 5.80. The molecule has 7 nitrogen and oxygen atoms in total. The van der Waals surface area contributed by atoms with E-state index in [0.717, 1.165) is 12.8 Å². The Morgan fingerprint density at radius 1 is 1.09 bits per heavy atom. The van der Waals surface area contributed by atoms with Gasteiger partial charge in [0, 0.05) is 38.7 Å². The summed E-state index contributed by atoms with van der Waals surface area (Å²) in [4.78, 5) is 26.9. The zero-order valence-corrected chi connectivity index (χ0v) is 19.7. The zero-order valence-electron chi connectivity index (χ0n) is 18.9. The highest BCUT2D eigenvalue weighted by molar-refractivity contribution is 7.89. The van der Waals surface area contributed by atoms with E-state index in [-0.39, 0.29) is 16.7 Å². The van der Waals surface area contributed by atoms with Crippen molar-refractivity contribution in [2.75, 3.05) is 24.5 Å². The molecule has 2 amide bonds. The monoisotopic (exact) mass is 457 g/mol. The lowest BCUT2D eigenvalue weighted by atomic mass is 10.1. The molecule has 172 valence electrons. The second-order valence-corrected chi connectivity index (χ2v) is 9.81. The van der Waals surface area contributed by atoms with Crippen molar-refractivity contribution in [3.63, 3.8) is 0 Å². The van der Waals surface area contributed by atoms with Crippen LogP contribution in [0, 0.1) is 0 Å². The molecule has 0 radical (unpaired) electrons. The molecule has 1 N–H and O–H groups in total. The Morgan fingerprint density at radius 2 is 1.78 bits per heavy atom. The molecular formula is C24H31N3O4S. The Labute approximate surface area is 190 Å². The maximum Gasteiger partial charge on any atom is 0.243 e. The molecule has 0 saturated heterocycles. The van der Waals surface area contributed by atoms with E-state index >= 15 is 0 Å². The summed E-state index contributed by atoms with van der Waals surface area (Å²) < 4.78 is 27.2. The van der Waals surface area contributed by atoms with Crippen LogP contribution in [-0.4, -0.2) is 50.2 Å². The molecular weight excluding hydrogens is 426 g/mol. The van der Waals surface area contributed by atoms with Gasteiger partial charge in [-0.15, -0.1) is 0 Å². The number of nitrogens with zero attached hydrogens (tertiary/aromatic N) is 2. The van der Waals surface area contributed by atoms with E-state index in [4.69, 9.17) is 0 Å². The summed E-state index contributed by atoms with van der Waals surface area (Å²) in [6.45, 7) is 6.28. The average molecular weight is 458 g/mol. The van der Waals surface area contributed by atoms with Crippen molar-refractivity contribution in [1.82, 2.24) is 9.62 Å². The van der Waals surface area contributed by atoms with E-state index in [9.17, 15) is 18.0 Å². The fraction of sp³-hybridized carbons (Fsp3) is 0.417. The molecule has 32 heavy (non-hydrogen) atoms. The molecule has 0 aliphatic carbocycles. The number of nitrogens with one attached hydrogen (secondary N) is 1. The number of hydrogen-bond acceptors (Lipinski definition) is 4. The third-order valence-corrected chi connectivity index (χ3v) is 7.85. The normalized spacial score (nSPS) is 15.6. The lowest BCUT2D eigenvalue weighted by Gasteiger charge is -2.23. The minimum atomic E-state index is -3.61. The predicted molar refractivity (Wildman–Crippen MR) is 125 cm³/mol. The van der Waals surface area contributed by atoms with Gasteiger partial charge in [0.25, 0.3) is 0 Å². The molecule has 0 saturated carbocycles. The number of carbonyl (C=O) groups is 2. The van der Waals surface area contributed by atoms with Gasteiger partial charge in [0.05, 0.1) is 4.90 Å². The second kappa shape index (κ2) is 10.3. The maximum atomic E-state index is 12.9. The zero-order chi connectivity index (χ0) is 23.3. The highest BCUT2D eigenvalue weighted by Gasteiger charge is 2.37. The quantitative estimate of drug-likeness (QED) is 0.587. The van der Waals surface area contributed by atoms with Crippen LogP contribution in [0.3, 0.4) is 0 Å². The summed E-state index contributed by atoms with van der Waals surface area (Å²) in [7, 11) is -3.61. The van der Waals surface area contributed by atoms with Crippen LogP contribution in [0.2, 0.25) is 0 Å². The van der Waals surface area contributed by atoms with Gasteiger partial charge in [0.1, 0.15) is 6.04 Å². The first-order valence-corrected chi connectivity index (χ1v) is 12.5. The number of anilines is 1. The van der Waals surface area contributed by atoms with Gasteiger partial charge in [-0.1, -0.05) is 44.2 Å². The number of carbonyl (C=O) groups excluding carboxylic acids is 2. The molecule has 1 unspecified atom stereocenters.